The molecule has 0 aliphatic rings. The van der Waals surface area contributed by atoms with Gasteiger partial charge in [-0.2, -0.15) is 0 Å². The average molecular weight is 295 g/mol. The first kappa shape index (κ1) is 12.5. The van der Waals surface area contributed by atoms with Gasteiger partial charge in [0, 0.05) is 10.7 Å². The van der Waals surface area contributed by atoms with Crippen molar-refractivity contribution in [2.24, 2.45) is 0 Å². The van der Waals surface area contributed by atoms with E-state index in [1.165, 1.54) is 18.2 Å². The number of hydrogen-bond acceptors (Lipinski definition) is 1. The molecule has 15 heavy (non-hydrogen) atoms. The number of rotatable bonds is 3. The van der Waals surface area contributed by atoms with Gasteiger partial charge in [0.2, 0.25) is 5.91 Å². The molecule has 0 aromatic heterocycles. The zero-order chi connectivity index (χ0) is 11.4. The Hall–Kier alpha value is -0.610. The molecule has 1 aromatic rings. The van der Waals surface area contributed by atoms with E-state index in [0.717, 1.165) is 0 Å². The minimum atomic E-state index is -0.472. The minimum absolute atomic E-state index is 0.209. The van der Waals surface area contributed by atoms with E-state index in [-0.39, 0.29) is 15.8 Å². The van der Waals surface area contributed by atoms with Crippen LogP contribution >= 0.6 is 27.5 Å². The zero-order valence-corrected chi connectivity index (χ0v) is 10.4. The Morgan fingerprint density at radius 1 is 1.60 bits per heavy atom. The molecule has 0 aliphatic heterocycles. The van der Waals surface area contributed by atoms with Crippen LogP contribution in [-0.4, -0.2) is 10.7 Å². The Labute approximate surface area is 101 Å². The second kappa shape index (κ2) is 5.47. The topological polar surface area (TPSA) is 29.1 Å². The number of carbonyl (C=O) groups excluding carboxylic acids is 1. The first-order valence-electron chi connectivity index (χ1n) is 4.44. The van der Waals surface area contributed by atoms with Crippen molar-refractivity contribution in [3.8, 4) is 0 Å². The third kappa shape index (κ3) is 3.80. The summed E-state index contributed by atoms with van der Waals surface area (Å²) in [5.74, 6) is -0.681. The molecule has 82 valence electrons. The molecule has 1 aromatic carbocycles. The Morgan fingerprint density at radius 3 is 2.80 bits per heavy atom. The maximum atomic E-state index is 12.9. The number of amides is 1. The van der Waals surface area contributed by atoms with Gasteiger partial charge in [0.05, 0.1) is 4.83 Å². The van der Waals surface area contributed by atoms with Gasteiger partial charge in [-0.05, 0) is 24.6 Å². The highest BCUT2D eigenvalue weighted by Crippen LogP contribution is 2.19. The summed E-state index contributed by atoms with van der Waals surface area (Å²) < 4.78 is 12.9. The quantitative estimate of drug-likeness (QED) is 0.848. The van der Waals surface area contributed by atoms with E-state index >= 15 is 0 Å². The lowest BCUT2D eigenvalue weighted by Gasteiger charge is -2.08. The summed E-state index contributed by atoms with van der Waals surface area (Å²) in [6.07, 6.45) is 0.662. The summed E-state index contributed by atoms with van der Waals surface area (Å²) in [5.41, 5.74) is 0.364. The molecule has 1 rings (SSSR count). The van der Waals surface area contributed by atoms with E-state index in [4.69, 9.17) is 11.6 Å². The Morgan fingerprint density at radius 2 is 2.27 bits per heavy atom. The highest BCUT2D eigenvalue weighted by molar-refractivity contribution is 9.10. The van der Waals surface area contributed by atoms with Gasteiger partial charge in [-0.15, -0.1) is 0 Å². The van der Waals surface area contributed by atoms with Crippen molar-refractivity contribution >= 4 is 39.1 Å². The normalized spacial score (nSPS) is 12.3. The largest absolute Gasteiger partial charge is 0.325 e. The number of benzene rings is 1. The van der Waals surface area contributed by atoms with Crippen molar-refractivity contribution < 1.29 is 9.18 Å². The molecule has 1 amide bonds. The summed E-state index contributed by atoms with van der Waals surface area (Å²) in [7, 11) is 0. The second-order valence-corrected chi connectivity index (χ2v) is 4.56. The summed E-state index contributed by atoms with van der Waals surface area (Å²) in [6.45, 7) is 1.87. The first-order chi connectivity index (χ1) is 7.02. The molecule has 5 heteroatoms. The van der Waals surface area contributed by atoms with Crippen LogP contribution in [0.1, 0.15) is 13.3 Å². The predicted molar refractivity (Wildman–Crippen MR) is 63.0 cm³/mol. The lowest BCUT2D eigenvalue weighted by Crippen LogP contribution is -2.21. The van der Waals surface area contributed by atoms with Crippen molar-refractivity contribution in [2.45, 2.75) is 18.2 Å². The smallest absolute Gasteiger partial charge is 0.238 e. The number of alkyl halides is 1. The van der Waals surface area contributed by atoms with Crippen LogP contribution in [0.3, 0.4) is 0 Å². The predicted octanol–water partition coefficient (Wildman–Crippen LogP) is 3.59. The highest BCUT2D eigenvalue weighted by Gasteiger charge is 2.12. The van der Waals surface area contributed by atoms with Gasteiger partial charge in [0.25, 0.3) is 0 Å². The molecule has 0 saturated carbocycles. The van der Waals surface area contributed by atoms with Crippen LogP contribution in [0.25, 0.3) is 0 Å². The molecule has 0 heterocycles. The first-order valence-corrected chi connectivity index (χ1v) is 5.73. The van der Waals surface area contributed by atoms with Gasteiger partial charge < -0.3 is 5.32 Å². The van der Waals surface area contributed by atoms with Gasteiger partial charge in [-0.25, -0.2) is 4.39 Å². The Bertz CT molecular complexity index is 352. The molecule has 0 aliphatic carbocycles. The SMILES string of the molecule is CCC(Br)C(=O)Nc1cc(F)cc(Cl)c1. The van der Waals surface area contributed by atoms with Crippen molar-refractivity contribution in [3.05, 3.63) is 29.0 Å². The fourth-order valence-corrected chi connectivity index (χ4v) is 1.37. The van der Waals surface area contributed by atoms with Crippen LogP contribution in [0.2, 0.25) is 5.02 Å². The van der Waals surface area contributed by atoms with Crippen LogP contribution in [0.5, 0.6) is 0 Å². The van der Waals surface area contributed by atoms with Gasteiger partial charge in [-0.1, -0.05) is 34.5 Å². The summed E-state index contributed by atoms with van der Waals surface area (Å²) in [4.78, 5) is 11.2. The van der Waals surface area contributed by atoms with Crippen LogP contribution in [0.15, 0.2) is 18.2 Å². The van der Waals surface area contributed by atoms with Crippen molar-refractivity contribution in [1.82, 2.24) is 0 Å². The molecule has 2 nitrogen and oxygen atoms in total. The Balaban J connectivity index is 2.76. The lowest BCUT2D eigenvalue weighted by atomic mass is 10.2. The number of carbonyl (C=O) groups is 1. The average Bonchev–Trinajstić information content (AvgIpc) is 2.14. The summed E-state index contributed by atoms with van der Waals surface area (Å²) in [6, 6.07) is 3.90. The van der Waals surface area contributed by atoms with Gasteiger partial charge >= 0.3 is 0 Å². The van der Waals surface area contributed by atoms with E-state index < -0.39 is 5.82 Å². The van der Waals surface area contributed by atoms with E-state index in [0.29, 0.717) is 12.1 Å². The zero-order valence-electron chi connectivity index (χ0n) is 8.06. The Kier molecular flexibility index (Phi) is 4.54. The molecule has 1 atom stereocenters. The number of halogens is 3. The molecule has 0 bridgehead atoms. The van der Waals surface area contributed by atoms with E-state index in [1.54, 1.807) is 0 Å². The van der Waals surface area contributed by atoms with Gasteiger partial charge in [-0.3, -0.25) is 4.79 Å². The van der Waals surface area contributed by atoms with Crippen molar-refractivity contribution in [1.29, 1.82) is 0 Å². The number of nitrogens with one attached hydrogen (secondary N) is 1. The summed E-state index contributed by atoms with van der Waals surface area (Å²) in [5, 5.41) is 2.82. The van der Waals surface area contributed by atoms with Crippen molar-refractivity contribution in [2.75, 3.05) is 5.32 Å². The third-order valence-electron chi connectivity index (χ3n) is 1.77. The lowest BCUT2D eigenvalue weighted by molar-refractivity contribution is -0.115. The van der Waals surface area contributed by atoms with Crippen LogP contribution in [0, 0.1) is 5.82 Å². The molecule has 0 saturated heterocycles. The maximum absolute atomic E-state index is 12.9. The molecule has 0 radical (unpaired) electrons. The molecule has 0 fully saturated rings. The highest BCUT2D eigenvalue weighted by atomic mass is 79.9. The molecule has 1 N–H and O–H groups in total. The number of hydrogen-bond donors (Lipinski definition) is 1. The summed E-state index contributed by atoms with van der Waals surface area (Å²) >= 11 is 8.84. The van der Waals surface area contributed by atoms with E-state index in [2.05, 4.69) is 21.2 Å². The molecular weight excluding hydrogens is 284 g/mol. The van der Waals surface area contributed by atoms with Crippen LogP contribution < -0.4 is 5.32 Å². The molecule has 0 spiro atoms. The maximum Gasteiger partial charge on any atom is 0.238 e. The second-order valence-electron chi connectivity index (χ2n) is 3.02. The van der Waals surface area contributed by atoms with Gasteiger partial charge in [0.1, 0.15) is 5.82 Å². The van der Waals surface area contributed by atoms with Crippen LogP contribution in [0.4, 0.5) is 10.1 Å². The fourth-order valence-electron chi connectivity index (χ4n) is 1.03. The van der Waals surface area contributed by atoms with E-state index in [1.807, 2.05) is 6.92 Å². The monoisotopic (exact) mass is 293 g/mol. The number of anilines is 1. The standard InChI is InChI=1S/C10H10BrClFNO/c1-2-9(11)10(15)14-8-4-6(12)3-7(13)5-8/h3-5,9H,2H2,1H3,(H,14,15). The van der Waals surface area contributed by atoms with Gasteiger partial charge in [0.15, 0.2) is 0 Å². The van der Waals surface area contributed by atoms with Crippen molar-refractivity contribution in [3.63, 3.8) is 0 Å². The van der Waals surface area contributed by atoms with E-state index in [9.17, 15) is 9.18 Å². The molecule has 1 unspecified atom stereocenters. The molecular formula is C10H10BrClFNO. The third-order valence-corrected chi connectivity index (χ3v) is 3.05. The fraction of sp³-hybridized carbons (Fsp3) is 0.300. The van der Waals surface area contributed by atoms with Crippen LogP contribution in [-0.2, 0) is 4.79 Å². The minimum Gasteiger partial charge on any atom is -0.325 e.